The highest BCUT2D eigenvalue weighted by atomic mass is 127. The second-order valence-electron chi connectivity index (χ2n) is 5.29. The van der Waals surface area contributed by atoms with Crippen molar-refractivity contribution in [3.05, 3.63) is 63.0 Å². The lowest BCUT2D eigenvalue weighted by molar-refractivity contribution is -0.143. The van der Waals surface area contributed by atoms with Crippen molar-refractivity contribution in [3.63, 3.8) is 0 Å². The SMILES string of the molecule is CCOC(=O)CCCc1ccc(OCc2c(F)cccc2I)cc1. The molecule has 0 aromatic heterocycles. The van der Waals surface area contributed by atoms with Crippen LogP contribution in [0, 0.1) is 9.39 Å². The van der Waals surface area contributed by atoms with Crippen LogP contribution in [0.25, 0.3) is 0 Å². The van der Waals surface area contributed by atoms with Crippen LogP contribution in [-0.4, -0.2) is 12.6 Å². The Bertz CT molecular complexity index is 651. The largest absolute Gasteiger partial charge is 0.489 e. The van der Waals surface area contributed by atoms with Crippen molar-refractivity contribution >= 4 is 28.6 Å². The van der Waals surface area contributed by atoms with Gasteiger partial charge in [0.1, 0.15) is 18.2 Å². The fourth-order valence-corrected chi connectivity index (χ4v) is 2.87. The van der Waals surface area contributed by atoms with Crippen molar-refractivity contribution in [2.24, 2.45) is 0 Å². The third kappa shape index (κ3) is 5.78. The normalized spacial score (nSPS) is 10.5. The Morgan fingerprint density at radius 1 is 1.17 bits per heavy atom. The summed E-state index contributed by atoms with van der Waals surface area (Å²) in [6, 6.07) is 12.6. The van der Waals surface area contributed by atoms with Crippen molar-refractivity contribution in [3.8, 4) is 5.75 Å². The molecule has 0 amide bonds. The summed E-state index contributed by atoms with van der Waals surface area (Å²) < 4.78 is 25.2. The van der Waals surface area contributed by atoms with E-state index in [9.17, 15) is 9.18 Å². The van der Waals surface area contributed by atoms with Crippen LogP contribution in [0.2, 0.25) is 0 Å². The molecule has 128 valence electrons. The molecule has 0 saturated heterocycles. The maximum absolute atomic E-state index is 13.8. The molecule has 0 radical (unpaired) electrons. The molecule has 0 unspecified atom stereocenters. The van der Waals surface area contributed by atoms with E-state index in [-0.39, 0.29) is 18.4 Å². The summed E-state index contributed by atoms with van der Waals surface area (Å²) in [6.07, 6.45) is 1.99. The van der Waals surface area contributed by atoms with Gasteiger partial charge in [-0.3, -0.25) is 4.79 Å². The predicted octanol–water partition coefficient (Wildman–Crippen LogP) is 4.90. The van der Waals surface area contributed by atoms with Crippen molar-refractivity contribution in [2.75, 3.05) is 6.61 Å². The van der Waals surface area contributed by atoms with Crippen LogP contribution in [0.4, 0.5) is 4.39 Å². The highest BCUT2D eigenvalue weighted by Crippen LogP contribution is 2.20. The lowest BCUT2D eigenvalue weighted by atomic mass is 10.1. The van der Waals surface area contributed by atoms with E-state index in [0.29, 0.717) is 24.3 Å². The molecule has 24 heavy (non-hydrogen) atoms. The molecule has 5 heteroatoms. The fourth-order valence-electron chi connectivity index (χ4n) is 2.25. The van der Waals surface area contributed by atoms with Crippen molar-refractivity contribution < 1.29 is 18.7 Å². The number of rotatable bonds is 8. The third-order valence-electron chi connectivity index (χ3n) is 3.52. The Morgan fingerprint density at radius 3 is 2.58 bits per heavy atom. The first-order valence-corrected chi connectivity index (χ1v) is 8.98. The summed E-state index contributed by atoms with van der Waals surface area (Å²) >= 11 is 2.10. The van der Waals surface area contributed by atoms with Gasteiger partial charge >= 0.3 is 5.97 Å². The molecule has 0 aliphatic carbocycles. The van der Waals surface area contributed by atoms with E-state index >= 15 is 0 Å². The monoisotopic (exact) mass is 442 g/mol. The van der Waals surface area contributed by atoms with E-state index in [2.05, 4.69) is 22.6 Å². The first-order chi connectivity index (χ1) is 11.6. The number of hydrogen-bond acceptors (Lipinski definition) is 3. The van der Waals surface area contributed by atoms with Gasteiger partial charge in [-0.05, 0) is 72.2 Å². The molecule has 0 fully saturated rings. The van der Waals surface area contributed by atoms with Gasteiger partial charge in [0.05, 0.1) is 6.61 Å². The minimum atomic E-state index is -0.252. The first kappa shape index (κ1) is 18.7. The van der Waals surface area contributed by atoms with Crippen molar-refractivity contribution in [2.45, 2.75) is 32.8 Å². The number of benzene rings is 2. The van der Waals surface area contributed by atoms with Gasteiger partial charge < -0.3 is 9.47 Å². The predicted molar refractivity (Wildman–Crippen MR) is 99.5 cm³/mol. The number of hydrogen-bond donors (Lipinski definition) is 0. The molecule has 2 aromatic carbocycles. The van der Waals surface area contributed by atoms with E-state index < -0.39 is 0 Å². The van der Waals surface area contributed by atoms with Crippen molar-refractivity contribution in [1.29, 1.82) is 0 Å². The molecule has 0 bridgehead atoms. The van der Waals surface area contributed by atoms with Crippen LogP contribution >= 0.6 is 22.6 Å². The zero-order valence-electron chi connectivity index (χ0n) is 13.6. The smallest absolute Gasteiger partial charge is 0.305 e. The molecule has 3 nitrogen and oxygen atoms in total. The lowest BCUT2D eigenvalue weighted by Crippen LogP contribution is -2.04. The molecular weight excluding hydrogens is 422 g/mol. The van der Waals surface area contributed by atoms with Gasteiger partial charge in [0.15, 0.2) is 0 Å². The number of carbonyl (C=O) groups excluding carboxylic acids is 1. The molecule has 0 heterocycles. The van der Waals surface area contributed by atoms with E-state index in [4.69, 9.17) is 9.47 Å². The molecule has 2 aromatic rings. The Hall–Kier alpha value is -1.63. The second kappa shape index (κ2) is 9.61. The van der Waals surface area contributed by atoms with Crippen LogP contribution in [-0.2, 0) is 22.6 Å². The molecule has 0 N–H and O–H groups in total. The average molecular weight is 442 g/mol. The molecule has 0 saturated carbocycles. The zero-order valence-corrected chi connectivity index (χ0v) is 15.7. The number of ether oxygens (including phenoxy) is 2. The summed E-state index contributed by atoms with van der Waals surface area (Å²) in [5.41, 5.74) is 1.70. The van der Waals surface area contributed by atoms with Gasteiger partial charge in [0.25, 0.3) is 0 Å². The molecule has 2 rings (SSSR count). The van der Waals surface area contributed by atoms with Gasteiger partial charge in [-0.15, -0.1) is 0 Å². The Kier molecular flexibility index (Phi) is 7.49. The van der Waals surface area contributed by atoms with Crippen LogP contribution in [0.3, 0.4) is 0 Å². The maximum Gasteiger partial charge on any atom is 0.305 e. The van der Waals surface area contributed by atoms with Gasteiger partial charge in [-0.1, -0.05) is 18.2 Å². The van der Waals surface area contributed by atoms with E-state index in [1.165, 1.54) is 6.07 Å². The van der Waals surface area contributed by atoms with Crippen molar-refractivity contribution in [1.82, 2.24) is 0 Å². The lowest BCUT2D eigenvalue weighted by Gasteiger charge is -2.09. The van der Waals surface area contributed by atoms with Crippen LogP contribution in [0.15, 0.2) is 42.5 Å². The standard InChI is InChI=1S/C19H20FIO3/c1-2-23-19(22)8-3-5-14-9-11-15(12-10-14)24-13-16-17(20)6-4-7-18(16)21/h4,6-7,9-12H,2-3,5,8,13H2,1H3. The van der Waals surface area contributed by atoms with Crippen LogP contribution in [0.1, 0.15) is 30.9 Å². The van der Waals surface area contributed by atoms with Gasteiger partial charge in [-0.25, -0.2) is 4.39 Å². The number of esters is 1. The van der Waals surface area contributed by atoms with E-state index in [0.717, 1.165) is 22.0 Å². The Morgan fingerprint density at radius 2 is 1.92 bits per heavy atom. The summed E-state index contributed by atoms with van der Waals surface area (Å²) in [6.45, 7) is 2.43. The third-order valence-corrected chi connectivity index (χ3v) is 4.53. The number of carbonyl (C=O) groups is 1. The molecule has 0 aliphatic rings. The Labute approximate surface area is 155 Å². The maximum atomic E-state index is 13.8. The van der Waals surface area contributed by atoms with Crippen LogP contribution < -0.4 is 4.74 Å². The summed E-state index contributed by atoms with van der Waals surface area (Å²) in [5.74, 6) is 0.289. The quantitative estimate of drug-likeness (QED) is 0.431. The fraction of sp³-hybridized carbons (Fsp3) is 0.316. The van der Waals surface area contributed by atoms with E-state index in [1.54, 1.807) is 13.0 Å². The number of aryl methyl sites for hydroxylation is 1. The molecule has 0 aliphatic heterocycles. The van der Waals surface area contributed by atoms with Gasteiger partial charge in [0.2, 0.25) is 0 Å². The highest BCUT2D eigenvalue weighted by molar-refractivity contribution is 14.1. The van der Waals surface area contributed by atoms with Crippen LogP contribution in [0.5, 0.6) is 5.75 Å². The highest BCUT2D eigenvalue weighted by Gasteiger charge is 2.07. The summed E-state index contributed by atoms with van der Waals surface area (Å²) in [7, 11) is 0. The molecular formula is C19H20FIO3. The van der Waals surface area contributed by atoms with Gasteiger partial charge in [0, 0.05) is 15.6 Å². The average Bonchev–Trinajstić information content (AvgIpc) is 2.56. The molecule has 0 spiro atoms. The minimum absolute atomic E-state index is 0.156. The summed E-state index contributed by atoms with van der Waals surface area (Å²) in [4.78, 5) is 11.3. The zero-order chi connectivity index (χ0) is 17.4. The first-order valence-electron chi connectivity index (χ1n) is 7.90. The second-order valence-corrected chi connectivity index (χ2v) is 6.45. The number of halogens is 2. The topological polar surface area (TPSA) is 35.5 Å². The van der Waals surface area contributed by atoms with E-state index in [1.807, 2.05) is 30.3 Å². The summed E-state index contributed by atoms with van der Waals surface area (Å²) in [5, 5.41) is 0. The molecule has 0 atom stereocenters. The minimum Gasteiger partial charge on any atom is -0.489 e. The Balaban J connectivity index is 1.83. The van der Waals surface area contributed by atoms with Gasteiger partial charge in [-0.2, -0.15) is 0 Å².